The van der Waals surface area contributed by atoms with Crippen molar-refractivity contribution < 1.29 is 19.1 Å². The maximum atomic E-state index is 11.7. The van der Waals surface area contributed by atoms with Crippen LogP contribution in [0.15, 0.2) is 18.2 Å². The number of nitrogens with zero attached hydrogens (tertiary/aromatic N) is 1. The fourth-order valence-corrected chi connectivity index (χ4v) is 1.49. The van der Waals surface area contributed by atoms with Crippen LogP contribution in [0, 0.1) is 0 Å². The molecule has 1 rings (SSSR count). The van der Waals surface area contributed by atoms with Crippen LogP contribution in [0.25, 0.3) is 0 Å². The minimum Gasteiger partial charge on any atom is -0.479 e. The van der Waals surface area contributed by atoms with Crippen molar-refractivity contribution in [1.82, 2.24) is 4.90 Å². The van der Waals surface area contributed by atoms with Gasteiger partial charge in [-0.3, -0.25) is 4.79 Å². The predicted molar refractivity (Wildman–Crippen MR) is 71.0 cm³/mol. The molecule has 1 amide bonds. The molecule has 1 aromatic carbocycles. The monoisotopic (exact) mass is 266 g/mol. The van der Waals surface area contributed by atoms with E-state index in [-0.39, 0.29) is 11.7 Å². The zero-order chi connectivity index (χ0) is 14.6. The highest BCUT2D eigenvalue weighted by Crippen LogP contribution is 2.24. The molecule has 0 aliphatic rings. The molecule has 1 aromatic rings. The van der Waals surface area contributed by atoms with Crippen molar-refractivity contribution in [2.24, 2.45) is 0 Å². The standard InChI is InChI=1S/C13H18N2O4/c1-8(12(16)15(2)3)19-11-7-9(13(17)18-4)5-6-10(11)14/h5-8H,14H2,1-4H3. The number of hydrogen-bond donors (Lipinski definition) is 1. The van der Waals surface area contributed by atoms with Crippen LogP contribution in [-0.2, 0) is 9.53 Å². The number of anilines is 1. The van der Waals surface area contributed by atoms with E-state index in [0.717, 1.165) is 0 Å². The molecule has 0 heterocycles. The molecular formula is C13H18N2O4. The van der Waals surface area contributed by atoms with Crippen LogP contribution in [0.3, 0.4) is 0 Å². The highest BCUT2D eigenvalue weighted by atomic mass is 16.5. The van der Waals surface area contributed by atoms with Gasteiger partial charge in [-0.25, -0.2) is 4.79 Å². The van der Waals surface area contributed by atoms with Crippen molar-refractivity contribution in [1.29, 1.82) is 0 Å². The maximum Gasteiger partial charge on any atom is 0.337 e. The Balaban J connectivity index is 2.94. The molecule has 0 saturated carbocycles. The first-order valence-corrected chi connectivity index (χ1v) is 5.72. The lowest BCUT2D eigenvalue weighted by Crippen LogP contribution is -2.35. The number of esters is 1. The van der Waals surface area contributed by atoms with Gasteiger partial charge in [-0.2, -0.15) is 0 Å². The SMILES string of the molecule is COC(=O)c1ccc(N)c(OC(C)C(=O)N(C)C)c1. The van der Waals surface area contributed by atoms with Crippen molar-refractivity contribution >= 4 is 17.6 Å². The molecule has 0 bridgehead atoms. The van der Waals surface area contributed by atoms with Gasteiger partial charge in [0.2, 0.25) is 0 Å². The van der Waals surface area contributed by atoms with Gasteiger partial charge < -0.3 is 20.1 Å². The van der Waals surface area contributed by atoms with Crippen LogP contribution in [0.5, 0.6) is 5.75 Å². The lowest BCUT2D eigenvalue weighted by molar-refractivity contribution is -0.135. The van der Waals surface area contributed by atoms with E-state index in [2.05, 4.69) is 4.74 Å². The second kappa shape index (κ2) is 6.08. The third-order valence-electron chi connectivity index (χ3n) is 2.53. The van der Waals surface area contributed by atoms with Gasteiger partial charge in [-0.15, -0.1) is 0 Å². The molecular weight excluding hydrogens is 248 g/mol. The number of nitrogen functional groups attached to an aromatic ring is 1. The highest BCUT2D eigenvalue weighted by Gasteiger charge is 2.18. The molecule has 6 nitrogen and oxygen atoms in total. The second-order valence-electron chi connectivity index (χ2n) is 4.24. The Morgan fingerprint density at radius 2 is 1.95 bits per heavy atom. The Hall–Kier alpha value is -2.24. The number of methoxy groups -OCH3 is 1. The van der Waals surface area contributed by atoms with Gasteiger partial charge >= 0.3 is 5.97 Å². The number of amides is 1. The molecule has 1 unspecified atom stereocenters. The normalized spacial score (nSPS) is 11.6. The predicted octanol–water partition coefficient (Wildman–Crippen LogP) is 0.911. The van der Waals surface area contributed by atoms with E-state index in [9.17, 15) is 9.59 Å². The first-order valence-electron chi connectivity index (χ1n) is 5.72. The fourth-order valence-electron chi connectivity index (χ4n) is 1.49. The molecule has 6 heteroatoms. The van der Waals surface area contributed by atoms with Crippen LogP contribution in [0.4, 0.5) is 5.69 Å². The Bertz CT molecular complexity index is 486. The van der Waals surface area contributed by atoms with Gasteiger partial charge in [0.05, 0.1) is 18.4 Å². The molecule has 19 heavy (non-hydrogen) atoms. The third kappa shape index (κ3) is 3.61. The lowest BCUT2D eigenvalue weighted by atomic mass is 10.2. The Morgan fingerprint density at radius 3 is 2.47 bits per heavy atom. The van der Waals surface area contributed by atoms with Crippen molar-refractivity contribution in [3.05, 3.63) is 23.8 Å². The topological polar surface area (TPSA) is 81.9 Å². The van der Waals surface area contributed by atoms with Crippen LogP contribution < -0.4 is 10.5 Å². The van der Waals surface area contributed by atoms with Crippen LogP contribution in [0.2, 0.25) is 0 Å². The van der Waals surface area contributed by atoms with Crippen molar-refractivity contribution in [2.45, 2.75) is 13.0 Å². The van der Waals surface area contributed by atoms with E-state index in [0.29, 0.717) is 11.3 Å². The first kappa shape index (κ1) is 14.8. The molecule has 0 aromatic heterocycles. The van der Waals surface area contributed by atoms with Gasteiger partial charge in [0.15, 0.2) is 6.10 Å². The largest absolute Gasteiger partial charge is 0.479 e. The zero-order valence-electron chi connectivity index (χ0n) is 11.5. The molecule has 1 atom stereocenters. The minimum absolute atomic E-state index is 0.192. The molecule has 0 radical (unpaired) electrons. The average molecular weight is 266 g/mol. The van der Waals surface area contributed by atoms with E-state index in [1.54, 1.807) is 21.0 Å². The maximum absolute atomic E-state index is 11.7. The smallest absolute Gasteiger partial charge is 0.337 e. The molecule has 2 N–H and O–H groups in total. The number of nitrogens with two attached hydrogens (primary N) is 1. The van der Waals surface area contributed by atoms with E-state index < -0.39 is 12.1 Å². The minimum atomic E-state index is -0.690. The van der Waals surface area contributed by atoms with E-state index in [1.807, 2.05) is 0 Å². The lowest BCUT2D eigenvalue weighted by Gasteiger charge is -2.19. The molecule has 0 aliphatic carbocycles. The van der Waals surface area contributed by atoms with E-state index in [1.165, 1.54) is 30.2 Å². The number of carbonyl (C=O) groups excluding carboxylic acids is 2. The zero-order valence-corrected chi connectivity index (χ0v) is 11.5. The number of likely N-dealkylation sites (N-methyl/N-ethyl adjacent to an activating group) is 1. The summed E-state index contributed by atoms with van der Waals surface area (Å²) < 4.78 is 10.1. The summed E-state index contributed by atoms with van der Waals surface area (Å²) in [6.45, 7) is 1.62. The Labute approximate surface area is 112 Å². The molecule has 0 fully saturated rings. The Kier molecular flexibility index (Phi) is 4.74. The van der Waals surface area contributed by atoms with E-state index >= 15 is 0 Å². The van der Waals surface area contributed by atoms with Crippen LogP contribution in [0.1, 0.15) is 17.3 Å². The number of rotatable bonds is 4. The van der Waals surface area contributed by atoms with E-state index in [4.69, 9.17) is 10.5 Å². The van der Waals surface area contributed by atoms with Gasteiger partial charge in [0.25, 0.3) is 5.91 Å². The number of hydrogen-bond acceptors (Lipinski definition) is 5. The summed E-state index contributed by atoms with van der Waals surface area (Å²) in [6.07, 6.45) is -0.690. The number of carbonyl (C=O) groups is 2. The van der Waals surface area contributed by atoms with Crippen LogP contribution >= 0.6 is 0 Å². The summed E-state index contributed by atoms with van der Waals surface area (Å²) in [6, 6.07) is 4.53. The second-order valence-corrected chi connectivity index (χ2v) is 4.24. The van der Waals surface area contributed by atoms with Gasteiger partial charge in [0.1, 0.15) is 5.75 Å². The summed E-state index contributed by atoms with van der Waals surface area (Å²) in [5, 5.41) is 0. The molecule has 104 valence electrons. The summed E-state index contributed by atoms with van der Waals surface area (Å²) in [5.41, 5.74) is 6.42. The fraction of sp³-hybridized carbons (Fsp3) is 0.385. The van der Waals surface area contributed by atoms with Crippen LogP contribution in [-0.4, -0.2) is 44.1 Å². The van der Waals surface area contributed by atoms with Gasteiger partial charge in [-0.05, 0) is 25.1 Å². The van der Waals surface area contributed by atoms with Gasteiger partial charge in [0, 0.05) is 14.1 Å². The molecule has 0 spiro atoms. The quantitative estimate of drug-likeness (QED) is 0.647. The molecule has 0 saturated heterocycles. The summed E-state index contributed by atoms with van der Waals surface area (Å²) in [4.78, 5) is 24.5. The number of benzene rings is 1. The first-order chi connectivity index (χ1) is 8.86. The van der Waals surface area contributed by atoms with Gasteiger partial charge in [-0.1, -0.05) is 0 Å². The van der Waals surface area contributed by atoms with Crippen molar-refractivity contribution in [3.63, 3.8) is 0 Å². The third-order valence-corrected chi connectivity index (χ3v) is 2.53. The number of ether oxygens (including phenoxy) is 2. The summed E-state index contributed by atoms with van der Waals surface area (Å²) >= 11 is 0. The summed E-state index contributed by atoms with van der Waals surface area (Å²) in [5.74, 6) is -0.398. The highest BCUT2D eigenvalue weighted by molar-refractivity contribution is 5.90. The van der Waals surface area contributed by atoms with Crippen molar-refractivity contribution in [2.75, 3.05) is 26.9 Å². The summed E-state index contributed by atoms with van der Waals surface area (Å²) in [7, 11) is 4.56. The Morgan fingerprint density at radius 1 is 1.32 bits per heavy atom. The molecule has 0 aliphatic heterocycles. The van der Waals surface area contributed by atoms with Crippen molar-refractivity contribution in [3.8, 4) is 5.75 Å². The average Bonchev–Trinajstić information content (AvgIpc) is 2.39.